The van der Waals surface area contributed by atoms with Crippen LogP contribution in [-0.4, -0.2) is 14.5 Å². The second kappa shape index (κ2) is 3.88. The predicted molar refractivity (Wildman–Crippen MR) is 49.6 cm³/mol. The van der Waals surface area contributed by atoms with Crippen molar-refractivity contribution in [3.63, 3.8) is 0 Å². The van der Waals surface area contributed by atoms with E-state index in [1.165, 1.54) is 0 Å². The zero-order valence-corrected chi connectivity index (χ0v) is 7.62. The molecule has 0 radical (unpaired) electrons. The lowest BCUT2D eigenvalue weighted by Gasteiger charge is -2.07. The van der Waals surface area contributed by atoms with Crippen LogP contribution in [0.15, 0.2) is 0 Å². The SMILES string of the molecule is CCCCn1c(N)nc(N)nc1=N. The summed E-state index contributed by atoms with van der Waals surface area (Å²) >= 11 is 0. The molecular formula is C7H14N6. The number of anilines is 2. The number of unbranched alkanes of at least 4 members (excludes halogenated alkanes) is 1. The normalized spacial score (nSPS) is 10.2. The summed E-state index contributed by atoms with van der Waals surface area (Å²) < 4.78 is 1.54. The highest BCUT2D eigenvalue weighted by atomic mass is 15.2. The lowest BCUT2D eigenvalue weighted by atomic mass is 10.3. The molecule has 6 heteroatoms. The van der Waals surface area contributed by atoms with E-state index in [0.717, 1.165) is 12.8 Å². The van der Waals surface area contributed by atoms with Crippen LogP contribution in [0.5, 0.6) is 0 Å². The molecule has 1 rings (SSSR count). The molecule has 0 amide bonds. The maximum absolute atomic E-state index is 7.48. The fourth-order valence-corrected chi connectivity index (χ4v) is 1.02. The van der Waals surface area contributed by atoms with Crippen LogP contribution in [0.2, 0.25) is 0 Å². The molecule has 1 aromatic heterocycles. The van der Waals surface area contributed by atoms with Crippen molar-refractivity contribution in [2.45, 2.75) is 26.3 Å². The molecule has 0 saturated heterocycles. The summed E-state index contributed by atoms with van der Waals surface area (Å²) in [7, 11) is 0. The molecule has 0 aliphatic heterocycles. The first kappa shape index (κ1) is 9.50. The zero-order chi connectivity index (χ0) is 9.84. The van der Waals surface area contributed by atoms with Gasteiger partial charge in [0.05, 0.1) is 0 Å². The summed E-state index contributed by atoms with van der Waals surface area (Å²) in [4.78, 5) is 7.48. The Bertz CT molecular complexity index is 341. The summed E-state index contributed by atoms with van der Waals surface area (Å²) in [5, 5.41) is 7.48. The van der Waals surface area contributed by atoms with E-state index in [0.29, 0.717) is 6.54 Å². The standard InChI is InChI=1S/C7H14N6/c1-2-3-4-13-6(9)11-5(8)12-7(13)10/h2-4H2,1H3,(H5,8,9,10,11,12). The Morgan fingerprint density at radius 2 is 2.08 bits per heavy atom. The molecule has 1 aromatic rings. The van der Waals surface area contributed by atoms with Gasteiger partial charge >= 0.3 is 0 Å². The van der Waals surface area contributed by atoms with Crippen molar-refractivity contribution < 1.29 is 0 Å². The fourth-order valence-electron chi connectivity index (χ4n) is 1.02. The number of nitrogens with one attached hydrogen (secondary N) is 1. The van der Waals surface area contributed by atoms with Crippen molar-refractivity contribution in [3.8, 4) is 0 Å². The highest BCUT2D eigenvalue weighted by Gasteiger charge is 2.01. The van der Waals surface area contributed by atoms with E-state index in [1.54, 1.807) is 4.57 Å². The second-order valence-corrected chi connectivity index (χ2v) is 2.77. The number of aromatic nitrogens is 3. The molecule has 0 aromatic carbocycles. The minimum atomic E-state index is 0.0512. The maximum Gasteiger partial charge on any atom is 0.227 e. The average Bonchev–Trinajstić information content (AvgIpc) is 2.02. The number of hydrogen-bond acceptors (Lipinski definition) is 5. The van der Waals surface area contributed by atoms with Crippen LogP contribution in [0, 0.1) is 5.41 Å². The molecule has 0 unspecified atom stereocenters. The van der Waals surface area contributed by atoms with Gasteiger partial charge in [-0.05, 0) is 6.42 Å². The summed E-state index contributed by atoms with van der Waals surface area (Å²) in [6.07, 6.45) is 1.99. The van der Waals surface area contributed by atoms with Gasteiger partial charge in [0.15, 0.2) is 0 Å². The van der Waals surface area contributed by atoms with E-state index >= 15 is 0 Å². The smallest absolute Gasteiger partial charge is 0.227 e. The molecule has 0 aliphatic rings. The van der Waals surface area contributed by atoms with Gasteiger partial charge in [0.2, 0.25) is 17.5 Å². The Morgan fingerprint density at radius 1 is 1.38 bits per heavy atom. The van der Waals surface area contributed by atoms with E-state index in [2.05, 4.69) is 16.9 Å². The third-order valence-corrected chi connectivity index (χ3v) is 1.72. The van der Waals surface area contributed by atoms with Gasteiger partial charge in [0.25, 0.3) is 0 Å². The monoisotopic (exact) mass is 182 g/mol. The molecule has 0 atom stereocenters. The van der Waals surface area contributed by atoms with Crippen LogP contribution in [0.4, 0.5) is 11.9 Å². The molecule has 0 saturated carbocycles. The van der Waals surface area contributed by atoms with E-state index in [1.807, 2.05) is 0 Å². The summed E-state index contributed by atoms with van der Waals surface area (Å²) in [6, 6.07) is 0. The van der Waals surface area contributed by atoms with Crippen LogP contribution >= 0.6 is 0 Å². The quantitative estimate of drug-likeness (QED) is 0.597. The Kier molecular flexibility index (Phi) is 2.84. The van der Waals surface area contributed by atoms with Gasteiger partial charge in [-0.25, -0.2) is 0 Å². The van der Waals surface area contributed by atoms with Gasteiger partial charge in [-0.3, -0.25) is 9.98 Å². The molecule has 0 fully saturated rings. The van der Waals surface area contributed by atoms with Crippen LogP contribution in [0.3, 0.4) is 0 Å². The van der Waals surface area contributed by atoms with E-state index < -0.39 is 0 Å². The van der Waals surface area contributed by atoms with Gasteiger partial charge in [0, 0.05) is 6.54 Å². The first-order valence-electron chi connectivity index (χ1n) is 4.19. The van der Waals surface area contributed by atoms with Crippen LogP contribution in [-0.2, 0) is 6.54 Å². The van der Waals surface area contributed by atoms with Gasteiger partial charge in [-0.2, -0.15) is 9.97 Å². The third-order valence-electron chi connectivity index (χ3n) is 1.72. The first-order valence-corrected chi connectivity index (χ1v) is 4.19. The minimum absolute atomic E-state index is 0.0512. The van der Waals surface area contributed by atoms with Gasteiger partial charge in [0.1, 0.15) is 0 Å². The van der Waals surface area contributed by atoms with E-state index in [4.69, 9.17) is 16.9 Å². The Balaban J connectivity index is 2.99. The summed E-state index contributed by atoms with van der Waals surface area (Å²) in [6.45, 7) is 2.74. The molecule has 0 aliphatic carbocycles. The Morgan fingerprint density at radius 3 is 2.62 bits per heavy atom. The van der Waals surface area contributed by atoms with Crippen LogP contribution in [0.1, 0.15) is 19.8 Å². The lowest BCUT2D eigenvalue weighted by Crippen LogP contribution is -2.28. The predicted octanol–water partition coefficient (Wildman–Crippen LogP) is -0.278. The van der Waals surface area contributed by atoms with Gasteiger partial charge in [-0.15, -0.1) is 0 Å². The summed E-state index contributed by atoms with van der Waals surface area (Å²) in [5.74, 6) is 0.307. The van der Waals surface area contributed by atoms with Gasteiger partial charge < -0.3 is 11.5 Å². The fraction of sp³-hybridized carbons (Fsp3) is 0.571. The summed E-state index contributed by atoms with van der Waals surface area (Å²) in [5.41, 5.74) is 11.0. The van der Waals surface area contributed by atoms with Crippen molar-refractivity contribution in [2.24, 2.45) is 0 Å². The first-order chi connectivity index (χ1) is 6.15. The largest absolute Gasteiger partial charge is 0.369 e. The van der Waals surface area contributed by atoms with Crippen molar-refractivity contribution in [3.05, 3.63) is 5.62 Å². The topological polar surface area (TPSA) is 107 Å². The zero-order valence-electron chi connectivity index (χ0n) is 7.62. The molecule has 13 heavy (non-hydrogen) atoms. The van der Waals surface area contributed by atoms with E-state index in [9.17, 15) is 0 Å². The third kappa shape index (κ3) is 2.17. The van der Waals surface area contributed by atoms with Crippen molar-refractivity contribution in [2.75, 3.05) is 11.5 Å². The Hall–Kier alpha value is -1.59. The molecule has 5 N–H and O–H groups in total. The number of rotatable bonds is 3. The molecule has 72 valence electrons. The van der Waals surface area contributed by atoms with Crippen molar-refractivity contribution in [1.82, 2.24) is 14.5 Å². The second-order valence-electron chi connectivity index (χ2n) is 2.77. The molecule has 1 heterocycles. The molecule has 6 nitrogen and oxygen atoms in total. The lowest BCUT2D eigenvalue weighted by molar-refractivity contribution is 0.583. The Labute approximate surface area is 76.1 Å². The highest BCUT2D eigenvalue weighted by molar-refractivity contribution is 5.24. The van der Waals surface area contributed by atoms with E-state index in [-0.39, 0.29) is 17.5 Å². The highest BCUT2D eigenvalue weighted by Crippen LogP contribution is 1.98. The number of nitrogens with zero attached hydrogens (tertiary/aromatic N) is 3. The maximum atomic E-state index is 7.48. The van der Waals surface area contributed by atoms with Crippen LogP contribution in [0.25, 0.3) is 0 Å². The minimum Gasteiger partial charge on any atom is -0.369 e. The van der Waals surface area contributed by atoms with Crippen LogP contribution < -0.4 is 17.1 Å². The molecule has 0 spiro atoms. The molecule has 0 bridgehead atoms. The molecular weight excluding hydrogens is 168 g/mol. The van der Waals surface area contributed by atoms with Crippen molar-refractivity contribution >= 4 is 11.9 Å². The average molecular weight is 182 g/mol. The van der Waals surface area contributed by atoms with Crippen molar-refractivity contribution in [1.29, 1.82) is 5.41 Å². The van der Waals surface area contributed by atoms with Gasteiger partial charge in [-0.1, -0.05) is 13.3 Å². The number of hydrogen-bond donors (Lipinski definition) is 3. The number of nitrogens with two attached hydrogens (primary N) is 2. The number of nitrogen functional groups attached to an aromatic ring is 2.